The van der Waals surface area contributed by atoms with Crippen LogP contribution in [-0.2, 0) is 10.3 Å². The minimum absolute atomic E-state index is 0. The number of aromatic amines is 1. The molecule has 18 nitrogen and oxygen atoms in total. The standard InChI is InChI=1S/C29H24FN5O3.C25H26N4O5.C9H5BrFN.CH4/c1-4-37-28-33-23-14-19(26-16(2)35-38-17(26)3)13-21(27(23)34-28)29(36,24-7-5-6-12-31-24)25-11-9-18-8-10-20(30)15-22(18)32-25;1-7-32-23-27-21-17(22(30)18-10-8-9-11-26-18)12-16(20-14(2)28-34-15(20)3)13-19(21)29(23)24(31)33-25(4,5)6;10-9-4-2-6-1-3-7(11)5-8(6)12-9;/h5-15,36H,4H2,1-3H3,(H,33,34);8-13H,7H2,1-6H3;1-5H;1H4. The van der Waals surface area contributed by atoms with Gasteiger partial charge in [0.15, 0.2) is 5.60 Å². The van der Waals surface area contributed by atoms with Crippen molar-refractivity contribution in [1.82, 2.24) is 49.8 Å². The number of imidazole rings is 2. The number of halogens is 3. The van der Waals surface area contributed by atoms with E-state index in [1.54, 1.807) is 120 Å². The maximum absolute atomic E-state index is 14.1. The number of hydrogen-bond donors (Lipinski definition) is 2. The number of aliphatic hydroxyl groups is 1. The van der Waals surface area contributed by atoms with Crippen LogP contribution >= 0.6 is 15.9 Å². The topological polar surface area (TPSA) is 232 Å². The zero-order valence-corrected chi connectivity index (χ0v) is 48.7. The van der Waals surface area contributed by atoms with E-state index in [1.807, 2.05) is 52.0 Å². The van der Waals surface area contributed by atoms with E-state index < -0.39 is 23.1 Å². The van der Waals surface area contributed by atoms with Gasteiger partial charge in [-0.3, -0.25) is 14.8 Å². The third-order valence-corrected chi connectivity index (χ3v) is 13.7. The number of benzene rings is 4. The molecule has 0 fully saturated rings. The number of aryl methyl sites for hydroxylation is 4. The molecule has 0 amide bonds. The second-order valence-electron chi connectivity index (χ2n) is 20.3. The largest absolute Gasteiger partial charge is 0.465 e. The van der Waals surface area contributed by atoms with Crippen molar-refractivity contribution < 1.29 is 46.7 Å². The number of nitrogens with zero attached hydrogens (tertiary/aromatic N) is 9. The molecular formula is C64H59BrF2N10O8. The fraction of sp³-hybridized carbons (Fsp3) is 0.219. The Hall–Kier alpha value is -9.60. The summed E-state index contributed by atoms with van der Waals surface area (Å²) in [6, 6.07) is 34.2. The number of carbonyl (C=O) groups excluding carboxylic acids is 2. The minimum atomic E-state index is -1.85. The fourth-order valence-electron chi connectivity index (χ4n) is 9.67. The van der Waals surface area contributed by atoms with Gasteiger partial charge in [-0.1, -0.05) is 42.0 Å². The van der Waals surface area contributed by atoms with E-state index in [9.17, 15) is 23.5 Å². The molecule has 1 atom stereocenters. The number of ether oxygens (including phenoxy) is 3. The molecule has 12 aromatic rings. The summed E-state index contributed by atoms with van der Waals surface area (Å²) >= 11 is 3.22. The normalized spacial score (nSPS) is 12.0. The van der Waals surface area contributed by atoms with Crippen molar-refractivity contribution >= 4 is 71.7 Å². The molecular weight excluding hydrogens is 1150 g/mol. The van der Waals surface area contributed by atoms with E-state index in [2.05, 4.69) is 56.1 Å². The van der Waals surface area contributed by atoms with Gasteiger partial charge in [0.05, 0.1) is 69.1 Å². The molecule has 0 saturated heterocycles. The van der Waals surface area contributed by atoms with Crippen LogP contribution in [0.5, 0.6) is 12.0 Å². The lowest BCUT2D eigenvalue weighted by atomic mass is 9.83. The van der Waals surface area contributed by atoms with Crippen molar-refractivity contribution in [3.05, 3.63) is 201 Å². The molecule has 8 aromatic heterocycles. The number of ketones is 1. The summed E-state index contributed by atoms with van der Waals surface area (Å²) in [5, 5.41) is 22.5. The smallest absolute Gasteiger partial charge is 0.423 e. The quantitative estimate of drug-likeness (QED) is 0.0905. The zero-order chi connectivity index (χ0) is 59.6. The van der Waals surface area contributed by atoms with Gasteiger partial charge in [-0.2, -0.15) is 14.5 Å². The third kappa shape index (κ3) is 12.4. The SMILES string of the molecule is C.CCOc1nc2c(C(=O)c3ccccn3)cc(-c3c(C)noc3C)cc2n1C(=O)OC(C)(C)C.CCOc1nc2c(C(O)(c3ccccn3)c3ccc4ccc(F)cc4n3)cc(-c3c(C)noc3C)cc2[nH]1.Fc1ccc2ccc(Br)nc2c1. The van der Waals surface area contributed by atoms with Crippen LogP contribution in [0.25, 0.3) is 66.1 Å². The molecule has 0 aliphatic heterocycles. The number of rotatable bonds is 11. The number of carbonyl (C=O) groups is 2. The Morgan fingerprint density at radius 2 is 1.27 bits per heavy atom. The van der Waals surface area contributed by atoms with Gasteiger partial charge in [-0.05, 0) is 174 Å². The van der Waals surface area contributed by atoms with Crippen LogP contribution in [-0.4, -0.2) is 85.6 Å². The molecule has 0 radical (unpaired) electrons. The molecule has 2 N–H and O–H groups in total. The summed E-state index contributed by atoms with van der Waals surface area (Å²) in [4.78, 5) is 56.7. The Kier molecular flexibility index (Phi) is 17.4. The number of H-pyrrole nitrogens is 1. The third-order valence-electron chi connectivity index (χ3n) is 13.3. The average molecular weight is 1210 g/mol. The molecule has 0 aliphatic carbocycles. The van der Waals surface area contributed by atoms with E-state index in [0.717, 1.165) is 32.1 Å². The predicted octanol–water partition coefficient (Wildman–Crippen LogP) is 14.5. The number of hydrogen-bond acceptors (Lipinski definition) is 16. The summed E-state index contributed by atoms with van der Waals surface area (Å²) in [5.41, 5.74) is 6.14. The number of aromatic nitrogens is 10. The van der Waals surface area contributed by atoms with Gasteiger partial charge >= 0.3 is 12.1 Å². The van der Waals surface area contributed by atoms with Gasteiger partial charge in [0.1, 0.15) is 44.6 Å². The first-order chi connectivity index (χ1) is 40.2. The van der Waals surface area contributed by atoms with Crippen molar-refractivity contribution in [1.29, 1.82) is 0 Å². The van der Waals surface area contributed by atoms with Crippen LogP contribution in [0.2, 0.25) is 0 Å². The first-order valence-electron chi connectivity index (χ1n) is 26.6. The number of fused-ring (bicyclic) bond motifs is 4. The van der Waals surface area contributed by atoms with Crippen LogP contribution < -0.4 is 9.47 Å². The molecule has 1 unspecified atom stereocenters. The predicted molar refractivity (Wildman–Crippen MR) is 322 cm³/mol. The van der Waals surface area contributed by atoms with E-state index in [4.69, 9.17) is 28.2 Å². The molecule has 85 heavy (non-hydrogen) atoms. The van der Waals surface area contributed by atoms with Crippen LogP contribution in [0.15, 0.2) is 147 Å². The summed E-state index contributed by atoms with van der Waals surface area (Å²) in [7, 11) is 0. The first-order valence-corrected chi connectivity index (χ1v) is 27.4. The lowest BCUT2D eigenvalue weighted by Crippen LogP contribution is -2.31. The van der Waals surface area contributed by atoms with Crippen LogP contribution in [0.4, 0.5) is 13.6 Å². The first kappa shape index (κ1) is 60.0. The van der Waals surface area contributed by atoms with Crippen LogP contribution in [0, 0.1) is 39.3 Å². The molecule has 0 bridgehead atoms. The van der Waals surface area contributed by atoms with Crippen molar-refractivity contribution in [2.45, 2.75) is 80.9 Å². The van der Waals surface area contributed by atoms with Gasteiger partial charge in [0.25, 0.3) is 6.01 Å². The summed E-state index contributed by atoms with van der Waals surface area (Å²) in [6.45, 7) is 17.0. The summed E-state index contributed by atoms with van der Waals surface area (Å²) < 4.78 is 56.5. The van der Waals surface area contributed by atoms with Gasteiger partial charge < -0.3 is 33.3 Å². The number of nitrogens with one attached hydrogen (secondary N) is 1. The monoisotopic (exact) mass is 1210 g/mol. The van der Waals surface area contributed by atoms with E-state index >= 15 is 0 Å². The maximum atomic E-state index is 14.1. The molecule has 0 spiro atoms. The molecule has 0 saturated carbocycles. The molecule has 12 rings (SSSR count). The van der Waals surface area contributed by atoms with Gasteiger partial charge in [0.2, 0.25) is 5.78 Å². The highest BCUT2D eigenvalue weighted by Crippen LogP contribution is 2.43. The van der Waals surface area contributed by atoms with E-state index in [-0.39, 0.29) is 48.6 Å². The van der Waals surface area contributed by atoms with Gasteiger partial charge in [-0.25, -0.2) is 23.5 Å². The fourth-order valence-corrected chi connectivity index (χ4v) is 9.99. The summed E-state index contributed by atoms with van der Waals surface area (Å²) in [6.07, 6.45) is 2.49. The second-order valence-corrected chi connectivity index (χ2v) is 21.1. The molecule has 0 aliphatic rings. The van der Waals surface area contributed by atoms with Crippen molar-refractivity contribution in [3.63, 3.8) is 0 Å². The van der Waals surface area contributed by atoms with Crippen molar-refractivity contribution in [2.24, 2.45) is 0 Å². The Morgan fingerprint density at radius 3 is 1.85 bits per heavy atom. The molecule has 434 valence electrons. The highest BCUT2D eigenvalue weighted by Gasteiger charge is 2.40. The lowest BCUT2D eigenvalue weighted by Gasteiger charge is -2.29. The van der Waals surface area contributed by atoms with Crippen LogP contribution in [0.1, 0.15) is 98.0 Å². The molecule has 4 aromatic carbocycles. The minimum Gasteiger partial charge on any atom is -0.465 e. The number of pyridine rings is 4. The van der Waals surface area contributed by atoms with E-state index in [1.165, 1.54) is 28.8 Å². The van der Waals surface area contributed by atoms with Crippen LogP contribution in [0.3, 0.4) is 0 Å². The average Bonchev–Trinajstić information content (AvgIpc) is 1.98. The van der Waals surface area contributed by atoms with Gasteiger partial charge in [0, 0.05) is 52.0 Å². The van der Waals surface area contributed by atoms with Gasteiger partial charge in [-0.15, -0.1) is 0 Å². The Balaban J connectivity index is 0.000000169. The lowest BCUT2D eigenvalue weighted by molar-refractivity contribution is 0.0527. The maximum Gasteiger partial charge on any atom is 0.423 e. The zero-order valence-electron chi connectivity index (χ0n) is 47.1. The van der Waals surface area contributed by atoms with Crippen molar-refractivity contribution in [3.8, 4) is 34.3 Å². The highest BCUT2D eigenvalue weighted by atomic mass is 79.9. The highest BCUT2D eigenvalue weighted by molar-refractivity contribution is 9.10. The second kappa shape index (κ2) is 24.7. The summed E-state index contributed by atoms with van der Waals surface area (Å²) in [5.74, 6) is 0.212. The molecule has 8 heterocycles. The Bertz CT molecular complexity index is 4350. The Labute approximate surface area is 495 Å². The molecule has 21 heteroatoms. The van der Waals surface area contributed by atoms with E-state index in [0.29, 0.717) is 85.4 Å². The Morgan fingerprint density at radius 1 is 0.671 bits per heavy atom. The van der Waals surface area contributed by atoms with Crippen molar-refractivity contribution in [2.75, 3.05) is 13.2 Å².